The van der Waals surface area contributed by atoms with Crippen molar-refractivity contribution in [3.05, 3.63) is 77.9 Å². The Bertz CT molecular complexity index is 927. The number of rotatable bonds is 3. The molecule has 6 heteroatoms. The van der Waals surface area contributed by atoms with E-state index in [1.807, 2.05) is 23.1 Å². The van der Waals surface area contributed by atoms with Crippen molar-refractivity contribution < 1.29 is 9.18 Å². The number of fused-ring (bicyclic) bond motifs is 1. The average molecular weight is 334 g/mol. The van der Waals surface area contributed by atoms with Crippen LogP contribution in [0.25, 0.3) is 0 Å². The first-order chi connectivity index (χ1) is 12.2. The minimum absolute atomic E-state index is 0.130. The van der Waals surface area contributed by atoms with Gasteiger partial charge in [0, 0.05) is 24.6 Å². The Morgan fingerprint density at radius 2 is 1.76 bits per heavy atom. The summed E-state index contributed by atoms with van der Waals surface area (Å²) < 4.78 is 13.6. The minimum atomic E-state index is -0.484. The zero-order valence-electron chi connectivity index (χ0n) is 13.3. The largest absolute Gasteiger partial charge is 0.319 e. The van der Waals surface area contributed by atoms with Gasteiger partial charge in [0.1, 0.15) is 5.82 Å². The molecule has 25 heavy (non-hydrogen) atoms. The van der Waals surface area contributed by atoms with E-state index in [1.54, 1.807) is 12.1 Å². The summed E-state index contributed by atoms with van der Waals surface area (Å²) in [5.74, 6) is -0.382. The number of amides is 1. The highest BCUT2D eigenvalue weighted by Crippen LogP contribution is 2.31. The van der Waals surface area contributed by atoms with Crippen LogP contribution < -0.4 is 10.2 Å². The molecule has 0 saturated carbocycles. The van der Waals surface area contributed by atoms with Gasteiger partial charge >= 0.3 is 0 Å². The van der Waals surface area contributed by atoms with Crippen LogP contribution in [0.4, 0.5) is 21.7 Å². The Balaban J connectivity index is 1.53. The first-order valence-corrected chi connectivity index (χ1v) is 7.96. The summed E-state index contributed by atoms with van der Waals surface area (Å²) in [5.41, 5.74) is 2.75. The summed E-state index contributed by atoms with van der Waals surface area (Å²) in [6.07, 6.45) is 3.86. The zero-order valence-corrected chi connectivity index (χ0v) is 13.3. The number of hydrogen-bond donors (Lipinski definition) is 1. The lowest BCUT2D eigenvalue weighted by atomic mass is 10.2. The molecule has 3 aromatic rings. The monoisotopic (exact) mass is 334 g/mol. The SMILES string of the molecule is O=C(Nc1ccccc1F)c1cnc(N2CCc3ccccc32)nc1. The maximum Gasteiger partial charge on any atom is 0.258 e. The third-order valence-electron chi connectivity index (χ3n) is 4.15. The summed E-state index contributed by atoms with van der Waals surface area (Å²) in [6, 6.07) is 14.1. The third-order valence-corrected chi connectivity index (χ3v) is 4.15. The van der Waals surface area contributed by atoms with E-state index in [-0.39, 0.29) is 11.3 Å². The van der Waals surface area contributed by atoms with Crippen molar-refractivity contribution >= 4 is 23.2 Å². The number of nitrogens with zero attached hydrogens (tertiary/aromatic N) is 3. The summed E-state index contributed by atoms with van der Waals surface area (Å²) >= 11 is 0. The van der Waals surface area contributed by atoms with Gasteiger partial charge in [-0.05, 0) is 30.2 Å². The fourth-order valence-electron chi connectivity index (χ4n) is 2.88. The van der Waals surface area contributed by atoms with Gasteiger partial charge in [0.25, 0.3) is 5.91 Å². The molecule has 0 radical (unpaired) electrons. The maximum atomic E-state index is 13.6. The molecule has 0 aliphatic carbocycles. The van der Waals surface area contributed by atoms with Crippen molar-refractivity contribution in [2.24, 2.45) is 0 Å². The minimum Gasteiger partial charge on any atom is -0.319 e. The number of para-hydroxylation sites is 2. The molecule has 4 rings (SSSR count). The fourth-order valence-corrected chi connectivity index (χ4v) is 2.88. The van der Waals surface area contributed by atoms with Crippen LogP contribution in [0, 0.1) is 5.82 Å². The van der Waals surface area contributed by atoms with Gasteiger partial charge in [0.05, 0.1) is 11.3 Å². The number of aromatic nitrogens is 2. The third kappa shape index (κ3) is 2.94. The highest BCUT2D eigenvalue weighted by Gasteiger charge is 2.22. The predicted octanol–water partition coefficient (Wildman–Crippen LogP) is 3.56. The van der Waals surface area contributed by atoms with Gasteiger partial charge in [-0.25, -0.2) is 14.4 Å². The fraction of sp³-hybridized carbons (Fsp3) is 0.105. The van der Waals surface area contributed by atoms with Crippen LogP contribution in [0.2, 0.25) is 0 Å². The first kappa shape index (κ1) is 15.3. The van der Waals surface area contributed by atoms with Crippen molar-refractivity contribution in [1.82, 2.24) is 9.97 Å². The normalized spacial score (nSPS) is 12.8. The predicted molar refractivity (Wildman–Crippen MR) is 93.5 cm³/mol. The summed E-state index contributed by atoms with van der Waals surface area (Å²) in [5, 5.41) is 2.52. The molecule has 0 atom stereocenters. The van der Waals surface area contributed by atoms with Crippen LogP contribution >= 0.6 is 0 Å². The number of carbonyl (C=O) groups excluding carboxylic acids is 1. The second-order valence-electron chi connectivity index (χ2n) is 5.74. The van der Waals surface area contributed by atoms with Crippen LogP contribution in [0.3, 0.4) is 0 Å². The Labute approximate surface area is 144 Å². The van der Waals surface area contributed by atoms with Crippen LogP contribution in [0.1, 0.15) is 15.9 Å². The van der Waals surface area contributed by atoms with E-state index in [2.05, 4.69) is 21.4 Å². The molecule has 0 saturated heterocycles. The molecular weight excluding hydrogens is 319 g/mol. The topological polar surface area (TPSA) is 58.1 Å². The Hall–Kier alpha value is -3.28. The highest BCUT2D eigenvalue weighted by atomic mass is 19.1. The van der Waals surface area contributed by atoms with E-state index in [1.165, 1.54) is 30.1 Å². The van der Waals surface area contributed by atoms with Gasteiger partial charge in [-0.2, -0.15) is 0 Å². The standard InChI is InChI=1S/C19H15FN4O/c20-15-6-2-3-7-16(15)23-18(25)14-11-21-19(22-12-14)24-10-9-13-5-1-4-8-17(13)24/h1-8,11-12H,9-10H2,(H,23,25). The molecule has 124 valence electrons. The number of anilines is 3. The zero-order chi connectivity index (χ0) is 17.2. The summed E-state index contributed by atoms with van der Waals surface area (Å²) in [7, 11) is 0. The van der Waals surface area contributed by atoms with Gasteiger partial charge in [-0.15, -0.1) is 0 Å². The first-order valence-electron chi connectivity index (χ1n) is 7.96. The number of hydrogen-bond acceptors (Lipinski definition) is 4. The van der Waals surface area contributed by atoms with E-state index in [4.69, 9.17) is 0 Å². The van der Waals surface area contributed by atoms with E-state index >= 15 is 0 Å². The second-order valence-corrected chi connectivity index (χ2v) is 5.74. The quantitative estimate of drug-likeness (QED) is 0.796. The number of halogens is 1. The van der Waals surface area contributed by atoms with Gasteiger partial charge < -0.3 is 10.2 Å². The molecule has 0 fully saturated rings. The van der Waals surface area contributed by atoms with Crippen molar-refractivity contribution in [2.75, 3.05) is 16.8 Å². The van der Waals surface area contributed by atoms with E-state index in [0.717, 1.165) is 18.7 Å². The second kappa shape index (κ2) is 6.32. The molecule has 1 amide bonds. The maximum absolute atomic E-state index is 13.6. The molecule has 1 aliphatic rings. The summed E-state index contributed by atoms with van der Waals surface area (Å²) in [6.45, 7) is 0.806. The number of carbonyl (C=O) groups is 1. The Morgan fingerprint density at radius 3 is 2.56 bits per heavy atom. The highest BCUT2D eigenvalue weighted by molar-refractivity contribution is 6.04. The molecule has 2 heterocycles. The lowest BCUT2D eigenvalue weighted by Crippen LogP contribution is -2.18. The van der Waals surface area contributed by atoms with Crippen molar-refractivity contribution in [3.63, 3.8) is 0 Å². The number of nitrogens with one attached hydrogen (secondary N) is 1. The van der Waals surface area contributed by atoms with E-state index in [9.17, 15) is 9.18 Å². The Morgan fingerprint density at radius 1 is 1.04 bits per heavy atom. The van der Waals surface area contributed by atoms with Crippen LogP contribution in [0.15, 0.2) is 60.9 Å². The van der Waals surface area contributed by atoms with Crippen LogP contribution in [0.5, 0.6) is 0 Å². The Kier molecular flexibility index (Phi) is 3.85. The summed E-state index contributed by atoms with van der Waals surface area (Å²) in [4.78, 5) is 22.9. The molecular formula is C19H15FN4O. The smallest absolute Gasteiger partial charge is 0.258 e. The van der Waals surface area contributed by atoms with Gasteiger partial charge in [-0.1, -0.05) is 30.3 Å². The lowest BCUT2D eigenvalue weighted by Gasteiger charge is -2.16. The molecule has 1 aliphatic heterocycles. The van der Waals surface area contributed by atoms with Gasteiger partial charge in [0.15, 0.2) is 0 Å². The molecule has 1 N–H and O–H groups in total. The van der Waals surface area contributed by atoms with E-state index in [0.29, 0.717) is 5.95 Å². The molecule has 2 aromatic carbocycles. The molecule has 0 unspecified atom stereocenters. The molecule has 0 spiro atoms. The van der Waals surface area contributed by atoms with E-state index < -0.39 is 11.7 Å². The van der Waals surface area contributed by atoms with Crippen LogP contribution in [-0.2, 0) is 6.42 Å². The molecule has 5 nitrogen and oxygen atoms in total. The lowest BCUT2D eigenvalue weighted by molar-refractivity contribution is 0.102. The van der Waals surface area contributed by atoms with Gasteiger partial charge in [0.2, 0.25) is 5.95 Å². The number of benzene rings is 2. The molecule has 0 bridgehead atoms. The van der Waals surface area contributed by atoms with Crippen molar-refractivity contribution in [2.45, 2.75) is 6.42 Å². The van der Waals surface area contributed by atoms with Crippen molar-refractivity contribution in [3.8, 4) is 0 Å². The average Bonchev–Trinajstić information content (AvgIpc) is 3.08. The van der Waals surface area contributed by atoms with Crippen LogP contribution in [-0.4, -0.2) is 22.4 Å². The van der Waals surface area contributed by atoms with Gasteiger partial charge in [-0.3, -0.25) is 4.79 Å². The molecule has 1 aromatic heterocycles. The van der Waals surface area contributed by atoms with Crippen molar-refractivity contribution in [1.29, 1.82) is 0 Å².